The Morgan fingerprint density at radius 3 is 2.89 bits per heavy atom. The van der Waals surface area contributed by atoms with E-state index in [-0.39, 0.29) is 5.69 Å². The van der Waals surface area contributed by atoms with E-state index in [1.54, 1.807) is 11.8 Å². The minimum Gasteiger partial charge on any atom is -0.481 e. The monoisotopic (exact) mass is 271 g/mol. The van der Waals surface area contributed by atoms with Crippen LogP contribution in [0.2, 0.25) is 0 Å². The fraction of sp³-hybridized carbons (Fsp3) is 0.583. The van der Waals surface area contributed by atoms with Gasteiger partial charge >= 0.3 is 5.97 Å². The van der Waals surface area contributed by atoms with Crippen molar-refractivity contribution in [2.24, 2.45) is 5.92 Å². The first kappa shape index (κ1) is 13.6. The number of hydrogen-bond acceptors (Lipinski definition) is 4. The van der Waals surface area contributed by atoms with Gasteiger partial charge in [0.05, 0.1) is 5.92 Å². The van der Waals surface area contributed by atoms with E-state index in [0.717, 1.165) is 6.33 Å². The van der Waals surface area contributed by atoms with Crippen LogP contribution in [0.5, 0.6) is 0 Å². The molecule has 104 valence electrons. The minimum absolute atomic E-state index is 0.289. The number of carboxylic acid groups (broad SMARTS) is 1. The second-order valence-electron chi connectivity index (χ2n) is 4.63. The van der Waals surface area contributed by atoms with Crippen LogP contribution in [0.3, 0.4) is 0 Å². The van der Waals surface area contributed by atoms with Crippen LogP contribution in [0.15, 0.2) is 6.33 Å². The van der Waals surface area contributed by atoms with E-state index >= 15 is 0 Å². The Morgan fingerprint density at radius 1 is 1.53 bits per heavy atom. The molecule has 2 rings (SSSR count). The Hall–Kier alpha value is -1.79. The normalized spacial score (nSPS) is 19.8. The van der Waals surface area contributed by atoms with Crippen LogP contribution in [0.25, 0.3) is 0 Å². The van der Waals surface area contributed by atoms with Crippen molar-refractivity contribution in [3.63, 3.8) is 0 Å². The van der Waals surface area contributed by atoms with Crippen molar-refractivity contribution >= 4 is 11.8 Å². The molecule has 0 saturated carbocycles. The molecule has 1 N–H and O–H groups in total. The van der Waals surface area contributed by atoms with E-state index in [0.29, 0.717) is 37.3 Å². The maximum Gasteiger partial charge on any atom is 0.308 e. The molecular formula is C12H15F2N3O2. The van der Waals surface area contributed by atoms with E-state index in [1.807, 2.05) is 0 Å². The Morgan fingerprint density at radius 2 is 2.26 bits per heavy atom. The van der Waals surface area contributed by atoms with Gasteiger partial charge in [-0.25, -0.2) is 18.7 Å². The summed E-state index contributed by atoms with van der Waals surface area (Å²) in [5.41, 5.74) is 0.0333. The van der Waals surface area contributed by atoms with Gasteiger partial charge in [0.2, 0.25) is 0 Å². The second kappa shape index (κ2) is 5.46. The summed E-state index contributed by atoms with van der Waals surface area (Å²) in [7, 11) is 0. The molecule has 1 aromatic heterocycles. The van der Waals surface area contributed by atoms with E-state index < -0.39 is 18.3 Å². The largest absolute Gasteiger partial charge is 0.481 e. The Bertz CT molecular complexity index is 482. The van der Waals surface area contributed by atoms with Gasteiger partial charge in [0.1, 0.15) is 17.8 Å². The van der Waals surface area contributed by atoms with Crippen LogP contribution in [-0.2, 0) is 4.79 Å². The number of halogens is 2. The predicted molar refractivity (Wildman–Crippen MR) is 64.3 cm³/mol. The highest BCUT2D eigenvalue weighted by Crippen LogP contribution is 2.29. The number of hydrogen-bond donors (Lipinski definition) is 1. The topological polar surface area (TPSA) is 66.3 Å². The van der Waals surface area contributed by atoms with Crippen molar-refractivity contribution in [2.75, 3.05) is 18.0 Å². The summed E-state index contributed by atoms with van der Waals surface area (Å²) >= 11 is 0. The lowest BCUT2D eigenvalue weighted by molar-refractivity contribution is -0.141. The molecule has 1 atom stereocenters. The van der Waals surface area contributed by atoms with Crippen molar-refractivity contribution < 1.29 is 18.7 Å². The molecule has 1 aromatic rings. The van der Waals surface area contributed by atoms with Crippen LogP contribution in [-0.4, -0.2) is 34.1 Å². The van der Waals surface area contributed by atoms with Crippen molar-refractivity contribution in [2.45, 2.75) is 26.2 Å². The first-order valence-electron chi connectivity index (χ1n) is 6.08. The van der Waals surface area contributed by atoms with Gasteiger partial charge in [-0.15, -0.1) is 0 Å². The quantitative estimate of drug-likeness (QED) is 0.911. The molecule has 0 aromatic carbocycles. The average Bonchev–Trinajstić information content (AvgIpc) is 2.38. The molecule has 5 nitrogen and oxygen atoms in total. The van der Waals surface area contributed by atoms with Crippen LogP contribution < -0.4 is 4.90 Å². The Labute approximate surface area is 109 Å². The first-order chi connectivity index (χ1) is 9.00. The summed E-state index contributed by atoms with van der Waals surface area (Å²) in [6.07, 6.45) is -0.224. The summed E-state index contributed by atoms with van der Waals surface area (Å²) in [6, 6.07) is 0. The van der Waals surface area contributed by atoms with Gasteiger partial charge in [0.15, 0.2) is 0 Å². The molecule has 0 bridgehead atoms. The van der Waals surface area contributed by atoms with Gasteiger partial charge in [-0.1, -0.05) is 0 Å². The molecule has 0 spiro atoms. The van der Waals surface area contributed by atoms with Crippen molar-refractivity contribution in [3.8, 4) is 0 Å². The molecule has 0 aliphatic carbocycles. The van der Waals surface area contributed by atoms with E-state index in [2.05, 4.69) is 9.97 Å². The van der Waals surface area contributed by atoms with E-state index in [4.69, 9.17) is 5.11 Å². The summed E-state index contributed by atoms with van der Waals surface area (Å²) in [4.78, 5) is 20.4. The van der Waals surface area contributed by atoms with Gasteiger partial charge < -0.3 is 10.0 Å². The number of carboxylic acids is 1. The zero-order chi connectivity index (χ0) is 14.0. The molecule has 0 radical (unpaired) electrons. The smallest absolute Gasteiger partial charge is 0.308 e. The van der Waals surface area contributed by atoms with E-state index in [1.165, 1.54) is 0 Å². The molecule has 2 heterocycles. The summed E-state index contributed by atoms with van der Waals surface area (Å²) in [6.45, 7) is 2.47. The molecule has 1 aliphatic rings. The van der Waals surface area contributed by atoms with Gasteiger partial charge in [0.25, 0.3) is 6.43 Å². The SMILES string of the molecule is Cc1c(C(F)F)ncnc1N1CCCC(C(=O)O)C1. The molecular weight excluding hydrogens is 256 g/mol. The standard InChI is InChI=1S/C12H15F2N3O2/c1-7-9(10(13)14)15-6-16-11(7)17-4-2-3-8(5-17)12(18)19/h6,8,10H,2-5H2,1H3,(H,18,19). The predicted octanol–water partition coefficient (Wildman–Crippen LogP) is 2.02. The summed E-state index contributed by atoms with van der Waals surface area (Å²) in [5.74, 6) is -0.917. The highest BCUT2D eigenvalue weighted by atomic mass is 19.3. The number of alkyl halides is 2. The molecule has 0 amide bonds. The van der Waals surface area contributed by atoms with Crippen molar-refractivity contribution in [3.05, 3.63) is 17.6 Å². The first-order valence-corrected chi connectivity index (χ1v) is 6.08. The lowest BCUT2D eigenvalue weighted by Crippen LogP contribution is -2.39. The molecule has 19 heavy (non-hydrogen) atoms. The Kier molecular flexibility index (Phi) is 3.92. The molecule has 7 heteroatoms. The lowest BCUT2D eigenvalue weighted by atomic mass is 9.98. The van der Waals surface area contributed by atoms with Crippen molar-refractivity contribution in [1.82, 2.24) is 9.97 Å². The maximum absolute atomic E-state index is 12.8. The zero-order valence-corrected chi connectivity index (χ0v) is 10.5. The molecule has 1 aliphatic heterocycles. The number of anilines is 1. The molecule has 1 fully saturated rings. The third-order valence-corrected chi connectivity index (χ3v) is 3.37. The lowest BCUT2D eigenvalue weighted by Gasteiger charge is -2.32. The van der Waals surface area contributed by atoms with Crippen LogP contribution in [0.1, 0.15) is 30.5 Å². The number of piperidine rings is 1. The van der Waals surface area contributed by atoms with E-state index in [9.17, 15) is 13.6 Å². The third-order valence-electron chi connectivity index (χ3n) is 3.37. The highest BCUT2D eigenvalue weighted by Gasteiger charge is 2.28. The number of nitrogens with zero attached hydrogens (tertiary/aromatic N) is 3. The number of rotatable bonds is 3. The number of aliphatic carboxylic acids is 1. The third kappa shape index (κ3) is 2.80. The fourth-order valence-electron chi connectivity index (χ4n) is 2.36. The van der Waals surface area contributed by atoms with Gasteiger partial charge in [-0.05, 0) is 19.8 Å². The van der Waals surface area contributed by atoms with Gasteiger partial charge in [-0.2, -0.15) is 0 Å². The fourth-order valence-corrected chi connectivity index (χ4v) is 2.36. The molecule has 1 saturated heterocycles. The minimum atomic E-state index is -2.65. The van der Waals surface area contributed by atoms with Crippen LogP contribution in [0.4, 0.5) is 14.6 Å². The van der Waals surface area contributed by atoms with Gasteiger partial charge in [0, 0.05) is 18.7 Å². The average molecular weight is 271 g/mol. The summed E-state index contributed by atoms with van der Waals surface area (Å²) in [5, 5.41) is 9.04. The maximum atomic E-state index is 12.8. The highest BCUT2D eigenvalue weighted by molar-refractivity contribution is 5.71. The van der Waals surface area contributed by atoms with Crippen LogP contribution >= 0.6 is 0 Å². The second-order valence-corrected chi connectivity index (χ2v) is 4.63. The Balaban J connectivity index is 2.26. The van der Waals surface area contributed by atoms with Gasteiger partial charge in [-0.3, -0.25) is 4.79 Å². The van der Waals surface area contributed by atoms with Crippen molar-refractivity contribution in [1.29, 1.82) is 0 Å². The zero-order valence-electron chi connectivity index (χ0n) is 10.5. The molecule has 1 unspecified atom stereocenters. The number of aromatic nitrogens is 2. The van der Waals surface area contributed by atoms with Crippen LogP contribution in [0, 0.1) is 12.8 Å². The number of carbonyl (C=O) groups is 1. The summed E-state index contributed by atoms with van der Waals surface area (Å²) < 4.78 is 25.6.